The molecule has 1 aromatic carbocycles. The van der Waals surface area contributed by atoms with Crippen LogP contribution in [0.15, 0.2) is 60.0 Å². The zero-order chi connectivity index (χ0) is 19.4. The molecule has 0 radical (unpaired) electrons. The maximum absolute atomic E-state index is 12.4. The molecule has 27 heavy (non-hydrogen) atoms. The summed E-state index contributed by atoms with van der Waals surface area (Å²) in [6, 6.07) is 7.05. The van der Waals surface area contributed by atoms with Crippen molar-refractivity contribution in [1.29, 1.82) is 0 Å². The molecule has 7 heteroatoms. The van der Waals surface area contributed by atoms with Crippen molar-refractivity contribution in [1.82, 2.24) is 5.32 Å². The SMILES string of the molecule is COC(=O)C1=C(C(=O)OC)N(c2cccc(C(=O)NC3CC3)c2)C=CC=C1. The normalized spacial score (nSPS) is 16.0. The predicted molar refractivity (Wildman–Crippen MR) is 98.7 cm³/mol. The second-order valence-corrected chi connectivity index (χ2v) is 6.11. The molecule has 2 aliphatic rings. The molecule has 0 aromatic heterocycles. The Labute approximate surface area is 156 Å². The minimum Gasteiger partial charge on any atom is -0.465 e. The molecule has 1 N–H and O–H groups in total. The van der Waals surface area contributed by atoms with E-state index < -0.39 is 11.9 Å². The van der Waals surface area contributed by atoms with Crippen LogP contribution >= 0.6 is 0 Å². The van der Waals surface area contributed by atoms with Gasteiger partial charge in [0.15, 0.2) is 0 Å². The van der Waals surface area contributed by atoms with Crippen LogP contribution in [0, 0.1) is 0 Å². The van der Waals surface area contributed by atoms with E-state index in [1.807, 2.05) is 0 Å². The largest absolute Gasteiger partial charge is 0.465 e. The van der Waals surface area contributed by atoms with Crippen LogP contribution < -0.4 is 10.2 Å². The third-order valence-corrected chi connectivity index (χ3v) is 4.19. The Kier molecular flexibility index (Phi) is 5.40. The van der Waals surface area contributed by atoms with Crippen LogP contribution in [0.1, 0.15) is 23.2 Å². The lowest BCUT2D eigenvalue weighted by Gasteiger charge is -2.23. The van der Waals surface area contributed by atoms with Crippen molar-refractivity contribution in [3.63, 3.8) is 0 Å². The third kappa shape index (κ3) is 4.08. The van der Waals surface area contributed by atoms with Crippen molar-refractivity contribution < 1.29 is 23.9 Å². The number of ether oxygens (including phenoxy) is 2. The molecule has 0 saturated heterocycles. The van der Waals surface area contributed by atoms with Gasteiger partial charge in [-0.2, -0.15) is 0 Å². The molecule has 1 aliphatic carbocycles. The minimum absolute atomic E-state index is 0.00843. The van der Waals surface area contributed by atoms with E-state index in [1.54, 1.807) is 42.6 Å². The molecule has 0 unspecified atom stereocenters. The first-order chi connectivity index (χ1) is 13.0. The number of rotatable bonds is 5. The average molecular weight is 368 g/mol. The molecule has 1 fully saturated rings. The second-order valence-electron chi connectivity index (χ2n) is 6.11. The monoisotopic (exact) mass is 368 g/mol. The lowest BCUT2D eigenvalue weighted by atomic mass is 10.1. The lowest BCUT2D eigenvalue weighted by molar-refractivity contribution is -0.139. The minimum atomic E-state index is -0.695. The van der Waals surface area contributed by atoms with E-state index in [4.69, 9.17) is 9.47 Å². The molecule has 140 valence electrons. The van der Waals surface area contributed by atoms with Gasteiger partial charge < -0.3 is 19.7 Å². The number of nitrogens with one attached hydrogen (secondary N) is 1. The van der Waals surface area contributed by atoms with E-state index in [1.165, 1.54) is 25.2 Å². The molecular formula is C20H20N2O5. The Balaban J connectivity index is 2.03. The van der Waals surface area contributed by atoms with E-state index in [9.17, 15) is 14.4 Å². The van der Waals surface area contributed by atoms with Gasteiger partial charge in [0.2, 0.25) is 0 Å². The van der Waals surface area contributed by atoms with Crippen LogP contribution in [0.25, 0.3) is 0 Å². The van der Waals surface area contributed by atoms with Crippen LogP contribution in [-0.4, -0.2) is 38.1 Å². The number of amides is 1. The quantitative estimate of drug-likeness (QED) is 0.801. The zero-order valence-corrected chi connectivity index (χ0v) is 15.1. The van der Waals surface area contributed by atoms with Gasteiger partial charge in [-0.25, -0.2) is 9.59 Å². The van der Waals surface area contributed by atoms with Gasteiger partial charge in [-0.1, -0.05) is 12.1 Å². The van der Waals surface area contributed by atoms with E-state index in [2.05, 4.69) is 5.32 Å². The summed E-state index contributed by atoms with van der Waals surface area (Å²) in [6.45, 7) is 0. The van der Waals surface area contributed by atoms with Gasteiger partial charge in [-0.3, -0.25) is 4.79 Å². The number of hydrogen-bond acceptors (Lipinski definition) is 6. The lowest BCUT2D eigenvalue weighted by Crippen LogP contribution is -2.28. The molecule has 0 atom stereocenters. The summed E-state index contributed by atoms with van der Waals surface area (Å²) in [7, 11) is 2.48. The standard InChI is InChI=1S/C20H20N2O5/c1-26-19(24)16-8-3-4-11-22(17(16)20(25)27-2)15-7-5-6-13(12-15)18(23)21-14-9-10-14/h3-8,11-12,14H,9-10H2,1-2H3,(H,21,23). The van der Waals surface area contributed by atoms with E-state index in [0.29, 0.717) is 11.3 Å². The van der Waals surface area contributed by atoms with Gasteiger partial charge in [0.05, 0.1) is 19.8 Å². The van der Waals surface area contributed by atoms with Gasteiger partial charge in [-0.15, -0.1) is 0 Å². The maximum Gasteiger partial charge on any atom is 0.355 e. The fraction of sp³-hybridized carbons (Fsp3) is 0.250. The van der Waals surface area contributed by atoms with Crippen LogP contribution in [0.5, 0.6) is 0 Å². The number of carbonyl (C=O) groups is 3. The average Bonchev–Trinajstić information content (AvgIpc) is 3.52. The van der Waals surface area contributed by atoms with Crippen LogP contribution in [0.3, 0.4) is 0 Å². The Hall–Kier alpha value is -3.35. The number of benzene rings is 1. The van der Waals surface area contributed by atoms with Crippen LogP contribution in [-0.2, 0) is 19.1 Å². The number of hydrogen-bond donors (Lipinski definition) is 1. The number of allylic oxidation sites excluding steroid dienone is 2. The van der Waals surface area contributed by atoms with E-state index >= 15 is 0 Å². The fourth-order valence-electron chi connectivity index (χ4n) is 2.66. The summed E-state index contributed by atoms with van der Waals surface area (Å²) < 4.78 is 9.66. The highest BCUT2D eigenvalue weighted by Gasteiger charge is 2.28. The molecule has 1 saturated carbocycles. The fourth-order valence-corrected chi connectivity index (χ4v) is 2.66. The van der Waals surface area contributed by atoms with Crippen molar-refractivity contribution in [3.05, 3.63) is 65.5 Å². The van der Waals surface area contributed by atoms with Gasteiger partial charge >= 0.3 is 11.9 Å². The van der Waals surface area contributed by atoms with Gasteiger partial charge in [-0.05, 0) is 43.2 Å². The predicted octanol–water partition coefficient (Wildman–Crippen LogP) is 2.07. The van der Waals surface area contributed by atoms with Gasteiger partial charge in [0.25, 0.3) is 5.91 Å². The smallest absolute Gasteiger partial charge is 0.355 e. The van der Waals surface area contributed by atoms with Crippen molar-refractivity contribution in [3.8, 4) is 0 Å². The number of anilines is 1. The van der Waals surface area contributed by atoms with E-state index in [-0.39, 0.29) is 23.2 Å². The topological polar surface area (TPSA) is 84.9 Å². The second kappa shape index (κ2) is 7.90. The summed E-state index contributed by atoms with van der Waals surface area (Å²) in [4.78, 5) is 38.5. The highest BCUT2D eigenvalue weighted by atomic mass is 16.5. The molecule has 0 spiro atoms. The van der Waals surface area contributed by atoms with Crippen molar-refractivity contribution >= 4 is 23.5 Å². The number of esters is 2. The third-order valence-electron chi connectivity index (χ3n) is 4.19. The Morgan fingerprint density at radius 2 is 1.81 bits per heavy atom. The number of methoxy groups -OCH3 is 2. The molecule has 1 aromatic rings. The van der Waals surface area contributed by atoms with Crippen molar-refractivity contribution in [2.45, 2.75) is 18.9 Å². The molecular weight excluding hydrogens is 348 g/mol. The molecule has 1 heterocycles. The zero-order valence-electron chi connectivity index (χ0n) is 15.1. The van der Waals surface area contributed by atoms with Crippen LogP contribution in [0.4, 0.5) is 5.69 Å². The van der Waals surface area contributed by atoms with Crippen LogP contribution in [0.2, 0.25) is 0 Å². The first-order valence-electron chi connectivity index (χ1n) is 8.51. The Morgan fingerprint density at radius 1 is 1.07 bits per heavy atom. The summed E-state index contributed by atoms with van der Waals surface area (Å²) in [5.41, 5.74) is 1.07. The molecule has 3 rings (SSSR count). The highest BCUT2D eigenvalue weighted by Crippen LogP contribution is 2.27. The summed E-state index contributed by atoms with van der Waals surface area (Å²) in [6.07, 6.45) is 8.39. The highest BCUT2D eigenvalue weighted by molar-refractivity contribution is 6.05. The first-order valence-corrected chi connectivity index (χ1v) is 8.51. The van der Waals surface area contributed by atoms with Crippen molar-refractivity contribution in [2.75, 3.05) is 19.1 Å². The number of carbonyl (C=O) groups excluding carboxylic acids is 3. The van der Waals surface area contributed by atoms with Crippen molar-refractivity contribution in [2.24, 2.45) is 0 Å². The van der Waals surface area contributed by atoms with Gasteiger partial charge in [0, 0.05) is 23.5 Å². The summed E-state index contributed by atoms with van der Waals surface area (Å²) >= 11 is 0. The Bertz CT molecular complexity index is 865. The van der Waals surface area contributed by atoms with E-state index in [0.717, 1.165) is 12.8 Å². The Morgan fingerprint density at radius 3 is 2.48 bits per heavy atom. The maximum atomic E-state index is 12.4. The molecule has 1 aliphatic heterocycles. The molecule has 7 nitrogen and oxygen atoms in total. The van der Waals surface area contributed by atoms with Gasteiger partial charge in [0.1, 0.15) is 5.70 Å². The molecule has 1 amide bonds. The summed E-state index contributed by atoms with van der Waals surface area (Å²) in [5.74, 6) is -1.53. The molecule has 0 bridgehead atoms. The summed E-state index contributed by atoms with van der Waals surface area (Å²) in [5, 5.41) is 2.93. The number of nitrogens with zero attached hydrogens (tertiary/aromatic N) is 1. The first kappa shape index (κ1) is 18.4.